The van der Waals surface area contributed by atoms with E-state index in [1.807, 2.05) is 6.92 Å². The molecule has 0 saturated heterocycles. The zero-order valence-electron chi connectivity index (χ0n) is 14.7. The number of hydrogen-bond acceptors (Lipinski definition) is 6. The van der Waals surface area contributed by atoms with Crippen molar-refractivity contribution in [1.29, 1.82) is 0 Å². The lowest BCUT2D eigenvalue weighted by Gasteiger charge is -2.22. The van der Waals surface area contributed by atoms with E-state index in [0.717, 1.165) is 44.1 Å². The van der Waals surface area contributed by atoms with E-state index >= 15 is 0 Å². The molecule has 0 radical (unpaired) electrons. The molecule has 140 valence electrons. The van der Waals surface area contributed by atoms with Gasteiger partial charge in [0.2, 0.25) is 0 Å². The first-order valence-electron chi connectivity index (χ1n) is 8.17. The first-order valence-corrected chi connectivity index (χ1v) is 9.11. The van der Waals surface area contributed by atoms with Crippen LogP contribution in [0.25, 0.3) is 0 Å². The number of nitrogens with zero attached hydrogens (tertiary/aromatic N) is 3. The fourth-order valence-electron chi connectivity index (χ4n) is 2.88. The average Bonchev–Trinajstić information content (AvgIpc) is 2.95. The van der Waals surface area contributed by atoms with Gasteiger partial charge in [0.05, 0.1) is 5.69 Å². The smallest absolute Gasteiger partial charge is 0.156 e. The third kappa shape index (κ3) is 5.79. The molecule has 0 spiro atoms. The number of anilines is 1. The molecular weight excluding hydrogens is 379 g/mol. The maximum Gasteiger partial charge on any atom is 0.156 e. The van der Waals surface area contributed by atoms with Gasteiger partial charge in [-0.2, -0.15) is 11.3 Å². The Morgan fingerprint density at radius 3 is 2.76 bits per heavy atom. The molecule has 0 fully saturated rings. The summed E-state index contributed by atoms with van der Waals surface area (Å²) in [7, 11) is 2.11. The third-order valence-electron chi connectivity index (χ3n) is 4.00. The lowest BCUT2D eigenvalue weighted by atomic mass is 10.1. The topological polar surface area (TPSA) is 50.3 Å². The molecule has 0 amide bonds. The zero-order valence-corrected chi connectivity index (χ0v) is 17.1. The molecule has 25 heavy (non-hydrogen) atoms. The summed E-state index contributed by atoms with van der Waals surface area (Å²) in [6.07, 6.45) is 1.93. The van der Waals surface area contributed by atoms with Crippen molar-refractivity contribution in [2.24, 2.45) is 0 Å². The van der Waals surface area contributed by atoms with Crippen molar-refractivity contribution in [2.45, 2.75) is 32.9 Å². The van der Waals surface area contributed by atoms with Crippen molar-refractivity contribution in [3.63, 3.8) is 0 Å². The molecule has 0 aliphatic carbocycles. The van der Waals surface area contributed by atoms with E-state index in [9.17, 15) is 0 Å². The SMILES string of the molecule is CCOCc1nc2c(c(N(C)Cc3ccsc3)n1)CCNCC2.Cl.Cl. The van der Waals surface area contributed by atoms with E-state index in [4.69, 9.17) is 14.7 Å². The van der Waals surface area contributed by atoms with Gasteiger partial charge in [-0.05, 0) is 42.3 Å². The van der Waals surface area contributed by atoms with E-state index in [-0.39, 0.29) is 24.8 Å². The van der Waals surface area contributed by atoms with Crippen molar-refractivity contribution >= 4 is 42.0 Å². The van der Waals surface area contributed by atoms with Gasteiger partial charge in [-0.25, -0.2) is 9.97 Å². The van der Waals surface area contributed by atoms with Crippen molar-refractivity contribution < 1.29 is 4.74 Å². The summed E-state index contributed by atoms with van der Waals surface area (Å²) >= 11 is 1.73. The van der Waals surface area contributed by atoms with Gasteiger partial charge < -0.3 is 15.0 Å². The maximum absolute atomic E-state index is 5.52. The number of fused-ring (bicyclic) bond motifs is 1. The van der Waals surface area contributed by atoms with Gasteiger partial charge in [-0.15, -0.1) is 24.8 Å². The van der Waals surface area contributed by atoms with Crippen molar-refractivity contribution in [1.82, 2.24) is 15.3 Å². The minimum Gasteiger partial charge on any atom is -0.374 e. The van der Waals surface area contributed by atoms with Crippen LogP contribution >= 0.6 is 36.2 Å². The summed E-state index contributed by atoms with van der Waals surface area (Å²) in [4.78, 5) is 11.8. The highest BCUT2D eigenvalue weighted by Crippen LogP contribution is 2.24. The third-order valence-corrected chi connectivity index (χ3v) is 4.74. The lowest BCUT2D eigenvalue weighted by molar-refractivity contribution is 0.128. The molecule has 2 aromatic heterocycles. The number of aromatic nitrogens is 2. The predicted molar refractivity (Wildman–Crippen MR) is 109 cm³/mol. The van der Waals surface area contributed by atoms with E-state index < -0.39 is 0 Å². The van der Waals surface area contributed by atoms with Gasteiger partial charge in [0.1, 0.15) is 12.4 Å². The van der Waals surface area contributed by atoms with Crippen LogP contribution in [0.5, 0.6) is 0 Å². The quantitative estimate of drug-likeness (QED) is 0.800. The van der Waals surface area contributed by atoms with Crippen LogP contribution in [-0.4, -0.2) is 36.7 Å². The molecule has 5 nitrogen and oxygen atoms in total. The van der Waals surface area contributed by atoms with Crippen LogP contribution in [0.3, 0.4) is 0 Å². The molecule has 0 aromatic carbocycles. The Morgan fingerprint density at radius 1 is 1.24 bits per heavy atom. The number of thiophene rings is 1. The van der Waals surface area contributed by atoms with Crippen LogP contribution in [0.15, 0.2) is 16.8 Å². The summed E-state index contributed by atoms with van der Waals surface area (Å²) < 4.78 is 5.52. The zero-order chi connectivity index (χ0) is 16.1. The Kier molecular flexibility index (Phi) is 9.67. The Labute approximate surface area is 166 Å². The van der Waals surface area contributed by atoms with E-state index in [0.29, 0.717) is 13.2 Å². The van der Waals surface area contributed by atoms with Gasteiger partial charge in [0.25, 0.3) is 0 Å². The largest absolute Gasteiger partial charge is 0.374 e. The highest BCUT2D eigenvalue weighted by atomic mass is 35.5. The molecule has 3 rings (SSSR count). The Morgan fingerprint density at radius 2 is 2.04 bits per heavy atom. The molecule has 8 heteroatoms. The summed E-state index contributed by atoms with van der Waals surface area (Å²) in [5, 5.41) is 7.77. The fraction of sp³-hybridized carbons (Fsp3) is 0.529. The summed E-state index contributed by atoms with van der Waals surface area (Å²) in [6, 6.07) is 2.17. The second-order valence-corrected chi connectivity index (χ2v) is 6.54. The second kappa shape index (κ2) is 10.9. The van der Waals surface area contributed by atoms with Crippen LogP contribution in [0.2, 0.25) is 0 Å². The molecule has 1 N–H and O–H groups in total. The minimum absolute atomic E-state index is 0. The minimum atomic E-state index is 0. The lowest BCUT2D eigenvalue weighted by Crippen LogP contribution is -2.22. The Hall–Kier alpha value is -0.920. The van der Waals surface area contributed by atoms with Gasteiger partial charge in [0, 0.05) is 38.7 Å². The molecule has 2 aromatic rings. The van der Waals surface area contributed by atoms with E-state index in [1.54, 1.807) is 11.3 Å². The molecule has 1 aliphatic rings. The molecular formula is C17H26Cl2N4OS. The Bertz CT molecular complexity index is 640. The van der Waals surface area contributed by atoms with Crippen LogP contribution in [0.4, 0.5) is 5.82 Å². The van der Waals surface area contributed by atoms with Crippen LogP contribution in [-0.2, 0) is 30.7 Å². The predicted octanol–water partition coefficient (Wildman–Crippen LogP) is 3.24. The van der Waals surface area contributed by atoms with E-state index in [1.165, 1.54) is 16.8 Å². The van der Waals surface area contributed by atoms with Gasteiger partial charge >= 0.3 is 0 Å². The molecule has 3 heterocycles. The van der Waals surface area contributed by atoms with Crippen molar-refractivity contribution in [3.8, 4) is 0 Å². The number of rotatable bonds is 6. The first-order chi connectivity index (χ1) is 11.3. The first kappa shape index (κ1) is 22.1. The highest BCUT2D eigenvalue weighted by Gasteiger charge is 2.19. The Balaban J connectivity index is 0.00000156. The molecule has 0 saturated carbocycles. The number of ether oxygens (including phenoxy) is 1. The summed E-state index contributed by atoms with van der Waals surface area (Å²) in [6.45, 7) is 6.00. The summed E-state index contributed by atoms with van der Waals surface area (Å²) in [5.74, 6) is 1.85. The standard InChI is InChI=1S/C17H24N4OS.2ClH/c1-3-22-11-16-19-15-5-8-18-7-4-14(15)17(20-16)21(2)10-13-6-9-23-12-13;;/h6,9,12,18H,3-5,7-8,10-11H2,1-2H3;2*1H. The number of nitrogens with one attached hydrogen (secondary N) is 1. The second-order valence-electron chi connectivity index (χ2n) is 5.76. The van der Waals surface area contributed by atoms with Crippen LogP contribution < -0.4 is 10.2 Å². The molecule has 0 unspecified atom stereocenters. The average molecular weight is 405 g/mol. The van der Waals surface area contributed by atoms with Gasteiger partial charge in [-0.1, -0.05) is 0 Å². The van der Waals surface area contributed by atoms with E-state index in [2.05, 4.69) is 34.1 Å². The maximum atomic E-state index is 5.52. The molecule has 1 aliphatic heterocycles. The van der Waals surface area contributed by atoms with Crippen LogP contribution in [0, 0.1) is 0 Å². The molecule has 0 atom stereocenters. The normalized spacial score (nSPS) is 13.2. The van der Waals surface area contributed by atoms with Crippen molar-refractivity contribution in [2.75, 3.05) is 31.6 Å². The number of hydrogen-bond donors (Lipinski definition) is 1. The van der Waals surface area contributed by atoms with Gasteiger partial charge in [-0.3, -0.25) is 0 Å². The molecule has 0 bridgehead atoms. The van der Waals surface area contributed by atoms with Gasteiger partial charge in [0.15, 0.2) is 5.82 Å². The van der Waals surface area contributed by atoms with Crippen LogP contribution in [0.1, 0.15) is 29.6 Å². The fourth-order valence-corrected chi connectivity index (χ4v) is 3.54. The highest BCUT2D eigenvalue weighted by molar-refractivity contribution is 7.07. The van der Waals surface area contributed by atoms with Crippen molar-refractivity contribution in [3.05, 3.63) is 39.5 Å². The monoisotopic (exact) mass is 404 g/mol. The summed E-state index contributed by atoms with van der Waals surface area (Å²) in [5.41, 5.74) is 3.78. The number of halogens is 2.